The lowest BCUT2D eigenvalue weighted by atomic mass is 9.99. The molecule has 0 spiro atoms. The van der Waals surface area contributed by atoms with Crippen LogP contribution in [-0.4, -0.2) is 43.9 Å². The van der Waals surface area contributed by atoms with E-state index in [1.807, 2.05) is 12.1 Å². The molecule has 1 heterocycles. The van der Waals surface area contributed by atoms with Crippen LogP contribution in [0.4, 0.5) is 18.9 Å². The molecule has 3 rings (SSSR count). The van der Waals surface area contributed by atoms with Gasteiger partial charge in [0.05, 0.1) is 24.3 Å². The minimum atomic E-state index is -5.08. The predicted molar refractivity (Wildman–Crippen MR) is 111 cm³/mol. The minimum Gasteiger partial charge on any atom is -0.496 e. The largest absolute Gasteiger partial charge is 0.496 e. The Hall–Kier alpha value is -2.79. The van der Waals surface area contributed by atoms with Gasteiger partial charge in [-0.1, -0.05) is 12.1 Å². The Morgan fingerprint density at radius 1 is 1.16 bits per heavy atom. The van der Waals surface area contributed by atoms with Crippen LogP contribution in [0.5, 0.6) is 11.5 Å². The highest BCUT2D eigenvalue weighted by Gasteiger charge is 2.38. The number of benzene rings is 2. The molecule has 0 bridgehead atoms. The molecule has 0 unspecified atom stereocenters. The number of hydrogen-bond donors (Lipinski definition) is 3. The van der Waals surface area contributed by atoms with Gasteiger partial charge in [-0.3, -0.25) is 4.79 Å². The van der Waals surface area contributed by atoms with Gasteiger partial charge in [-0.15, -0.1) is 0 Å². The van der Waals surface area contributed by atoms with Crippen molar-refractivity contribution in [2.24, 2.45) is 0 Å². The van der Waals surface area contributed by atoms with E-state index in [0.717, 1.165) is 25.2 Å². The molecular weight excluding hydrogens is 485 g/mol. The molecule has 0 saturated carbocycles. The number of hydrogen-bond acceptors (Lipinski definition) is 5. The van der Waals surface area contributed by atoms with E-state index in [0.29, 0.717) is 21.5 Å². The number of nitrogens with one attached hydrogen (secondary N) is 2. The number of rotatable bonds is 4. The molecular formula is C20H20BrF3N2O5. The van der Waals surface area contributed by atoms with Crippen molar-refractivity contribution in [3.8, 4) is 11.5 Å². The molecule has 0 aliphatic carbocycles. The maximum atomic E-state index is 12.8. The third-order valence-electron chi connectivity index (χ3n) is 4.35. The molecule has 0 aromatic heterocycles. The monoisotopic (exact) mass is 504 g/mol. The summed E-state index contributed by atoms with van der Waals surface area (Å²) in [5.41, 5.74) is 3.72. The van der Waals surface area contributed by atoms with Gasteiger partial charge in [-0.25, -0.2) is 4.79 Å². The van der Waals surface area contributed by atoms with Crippen LogP contribution in [0.15, 0.2) is 34.8 Å². The van der Waals surface area contributed by atoms with E-state index >= 15 is 0 Å². The number of carboxylic acids is 1. The van der Waals surface area contributed by atoms with Gasteiger partial charge in [0, 0.05) is 18.3 Å². The van der Waals surface area contributed by atoms with Gasteiger partial charge in [0.1, 0.15) is 11.5 Å². The number of carbonyl (C=O) groups excluding carboxylic acids is 1. The fourth-order valence-electron chi connectivity index (χ4n) is 2.88. The minimum absolute atomic E-state index is 0.206. The third-order valence-corrected chi connectivity index (χ3v) is 4.97. The molecule has 0 fully saturated rings. The smallest absolute Gasteiger partial charge is 0.490 e. The summed E-state index contributed by atoms with van der Waals surface area (Å²) >= 11 is 3.42. The molecule has 1 amide bonds. The second-order valence-electron chi connectivity index (χ2n) is 6.31. The Bertz CT molecular complexity index is 967. The summed E-state index contributed by atoms with van der Waals surface area (Å²) in [6, 6.07) is 9.39. The Balaban J connectivity index is 0.000000423. The van der Waals surface area contributed by atoms with Crippen molar-refractivity contribution in [2.75, 3.05) is 26.1 Å². The first kappa shape index (κ1) is 24.5. The Kier molecular flexibility index (Phi) is 8.28. The van der Waals surface area contributed by atoms with Crippen molar-refractivity contribution in [3.05, 3.63) is 51.5 Å². The second kappa shape index (κ2) is 10.5. The summed E-state index contributed by atoms with van der Waals surface area (Å²) in [5.74, 6) is -1.87. The standard InChI is InChI=1S/C18H19BrN2O3.C2HF3O2/c1-23-16-9-17(24-2)14(19)8-13(16)18(22)21-15-5-3-4-11-10-20-7-6-12(11)15;3-2(4,5)1(6)7/h3-5,8-9,20H,6-7,10H2,1-2H3,(H,21,22);(H,6,7). The molecule has 2 aromatic carbocycles. The molecule has 31 heavy (non-hydrogen) atoms. The lowest BCUT2D eigenvalue weighted by molar-refractivity contribution is -0.192. The van der Waals surface area contributed by atoms with Gasteiger partial charge in [-0.2, -0.15) is 13.2 Å². The maximum absolute atomic E-state index is 12.8. The zero-order chi connectivity index (χ0) is 23.2. The summed E-state index contributed by atoms with van der Waals surface area (Å²) in [4.78, 5) is 21.7. The zero-order valence-electron chi connectivity index (χ0n) is 16.6. The average Bonchev–Trinajstić information content (AvgIpc) is 2.73. The third kappa shape index (κ3) is 6.34. The van der Waals surface area contributed by atoms with Crippen LogP contribution in [0.1, 0.15) is 21.5 Å². The van der Waals surface area contributed by atoms with E-state index in [9.17, 15) is 18.0 Å². The van der Waals surface area contributed by atoms with Crippen molar-refractivity contribution >= 4 is 33.5 Å². The Morgan fingerprint density at radius 2 is 1.81 bits per heavy atom. The lowest BCUT2D eigenvalue weighted by Crippen LogP contribution is -2.25. The second-order valence-corrected chi connectivity index (χ2v) is 7.17. The molecule has 168 valence electrons. The van der Waals surface area contributed by atoms with Gasteiger partial charge in [0.25, 0.3) is 5.91 Å². The summed E-state index contributed by atoms with van der Waals surface area (Å²) in [5, 5.41) is 13.5. The molecule has 11 heteroatoms. The molecule has 1 aliphatic heterocycles. The summed E-state index contributed by atoms with van der Waals surface area (Å²) in [6.07, 6.45) is -4.19. The Morgan fingerprint density at radius 3 is 2.39 bits per heavy atom. The van der Waals surface area contributed by atoms with Gasteiger partial charge >= 0.3 is 12.1 Å². The van der Waals surface area contributed by atoms with Crippen molar-refractivity contribution in [2.45, 2.75) is 19.1 Å². The SMILES string of the molecule is COc1cc(OC)c(C(=O)Nc2cccc3c2CCNC3)cc1Br.O=C(O)C(F)(F)F. The quantitative estimate of drug-likeness (QED) is 0.582. The number of carboxylic acid groups (broad SMARTS) is 1. The normalized spacial score (nSPS) is 12.7. The first-order chi connectivity index (χ1) is 14.6. The van der Waals surface area contributed by atoms with Gasteiger partial charge < -0.3 is 25.2 Å². The van der Waals surface area contributed by atoms with Crippen LogP contribution < -0.4 is 20.1 Å². The molecule has 1 aliphatic rings. The summed E-state index contributed by atoms with van der Waals surface area (Å²) < 4.78 is 43.0. The molecule has 7 nitrogen and oxygen atoms in total. The first-order valence-corrected chi connectivity index (χ1v) is 9.72. The fraction of sp³-hybridized carbons (Fsp3) is 0.300. The molecule has 3 N–H and O–H groups in total. The summed E-state index contributed by atoms with van der Waals surface area (Å²) in [7, 11) is 3.11. The van der Waals surface area contributed by atoms with Crippen LogP contribution in [0, 0.1) is 0 Å². The molecule has 0 atom stereocenters. The zero-order valence-corrected chi connectivity index (χ0v) is 18.2. The Labute approximate surface area is 184 Å². The van der Waals surface area contributed by atoms with E-state index in [1.54, 1.807) is 19.2 Å². The maximum Gasteiger partial charge on any atom is 0.490 e. The number of anilines is 1. The van der Waals surface area contributed by atoms with Crippen LogP contribution in [0.25, 0.3) is 0 Å². The van der Waals surface area contributed by atoms with Crippen molar-refractivity contribution in [1.29, 1.82) is 0 Å². The fourth-order valence-corrected chi connectivity index (χ4v) is 3.38. The van der Waals surface area contributed by atoms with E-state index < -0.39 is 12.1 Å². The predicted octanol–water partition coefficient (Wildman–Crippen LogP) is 4.00. The number of ether oxygens (including phenoxy) is 2. The van der Waals surface area contributed by atoms with E-state index in [-0.39, 0.29) is 5.91 Å². The number of alkyl halides is 3. The van der Waals surface area contributed by atoms with Crippen LogP contribution >= 0.6 is 15.9 Å². The number of carbonyl (C=O) groups is 2. The van der Waals surface area contributed by atoms with Gasteiger partial charge in [0.15, 0.2) is 0 Å². The topological polar surface area (TPSA) is 96.9 Å². The number of halogens is 4. The molecule has 0 radical (unpaired) electrons. The average molecular weight is 505 g/mol. The van der Waals surface area contributed by atoms with Crippen molar-refractivity contribution in [1.82, 2.24) is 5.32 Å². The van der Waals surface area contributed by atoms with Crippen LogP contribution in [0.3, 0.4) is 0 Å². The first-order valence-electron chi connectivity index (χ1n) is 8.93. The molecule has 2 aromatic rings. The number of aliphatic carboxylic acids is 1. The van der Waals surface area contributed by atoms with E-state index in [4.69, 9.17) is 19.4 Å². The van der Waals surface area contributed by atoms with Crippen molar-refractivity contribution < 1.29 is 37.3 Å². The van der Waals surface area contributed by atoms with Gasteiger partial charge in [0.2, 0.25) is 0 Å². The summed E-state index contributed by atoms with van der Waals surface area (Å²) in [6.45, 7) is 1.74. The van der Waals surface area contributed by atoms with E-state index in [2.05, 4.69) is 32.6 Å². The lowest BCUT2D eigenvalue weighted by Gasteiger charge is -2.21. The van der Waals surface area contributed by atoms with Gasteiger partial charge in [-0.05, 0) is 52.2 Å². The highest BCUT2D eigenvalue weighted by molar-refractivity contribution is 9.10. The van der Waals surface area contributed by atoms with Crippen LogP contribution in [-0.2, 0) is 17.8 Å². The van der Waals surface area contributed by atoms with Crippen LogP contribution in [0.2, 0.25) is 0 Å². The van der Waals surface area contributed by atoms with Crippen molar-refractivity contribution in [3.63, 3.8) is 0 Å². The number of methoxy groups -OCH3 is 2. The highest BCUT2D eigenvalue weighted by atomic mass is 79.9. The van der Waals surface area contributed by atoms with E-state index in [1.165, 1.54) is 18.2 Å². The number of amides is 1. The molecule has 0 saturated heterocycles. The highest BCUT2D eigenvalue weighted by Crippen LogP contribution is 2.33. The number of fused-ring (bicyclic) bond motifs is 1.